The summed E-state index contributed by atoms with van der Waals surface area (Å²) in [7, 11) is 0. The Morgan fingerprint density at radius 1 is 1.39 bits per heavy atom. The first-order chi connectivity index (χ1) is 8.69. The van der Waals surface area contributed by atoms with Gasteiger partial charge in [0.2, 0.25) is 5.95 Å². The van der Waals surface area contributed by atoms with Crippen LogP contribution in [0, 0.1) is 0 Å². The van der Waals surface area contributed by atoms with Crippen LogP contribution >= 0.6 is 0 Å². The Labute approximate surface area is 105 Å². The van der Waals surface area contributed by atoms with E-state index in [1.165, 1.54) is 0 Å². The summed E-state index contributed by atoms with van der Waals surface area (Å²) in [6.45, 7) is 0. The summed E-state index contributed by atoms with van der Waals surface area (Å²) in [5.41, 5.74) is -1.22. The van der Waals surface area contributed by atoms with Crippen molar-refractivity contribution in [1.29, 1.82) is 0 Å². The van der Waals surface area contributed by atoms with Crippen molar-refractivity contribution in [3.05, 3.63) is 6.33 Å². The lowest BCUT2D eigenvalue weighted by Gasteiger charge is -2.30. The van der Waals surface area contributed by atoms with Crippen LogP contribution in [0.2, 0.25) is 0 Å². The minimum Gasteiger partial charge on any atom is -0.380 e. The zero-order chi connectivity index (χ0) is 12.6. The highest BCUT2D eigenvalue weighted by atomic mass is 16.3. The van der Waals surface area contributed by atoms with E-state index in [1.807, 2.05) is 4.57 Å². The van der Waals surface area contributed by atoms with Crippen molar-refractivity contribution in [3.8, 4) is 0 Å². The Morgan fingerprint density at radius 2 is 2.11 bits per heavy atom. The predicted molar refractivity (Wildman–Crippen MR) is 65.0 cm³/mol. The third-order valence-electron chi connectivity index (χ3n) is 3.84. The Balaban J connectivity index is 1.71. The summed E-state index contributed by atoms with van der Waals surface area (Å²) in [6, 6.07) is 0.413. The molecule has 2 aliphatic rings. The number of aliphatic hydroxyl groups is 1. The number of nitrogens with one attached hydrogen (secondary N) is 1. The normalized spacial score (nSPS) is 22.7. The van der Waals surface area contributed by atoms with E-state index >= 15 is 0 Å². The van der Waals surface area contributed by atoms with E-state index in [-0.39, 0.29) is 5.91 Å². The number of anilines is 1. The standard InChI is InChI=1S/C12H18N4O2/c17-10(12(18)6-2-1-3-7-12)14-11-15-13-8-16(11)9-4-5-9/h8-9,18H,1-7H2,(H,14,15,17). The first-order valence-electron chi connectivity index (χ1n) is 6.62. The first-order valence-corrected chi connectivity index (χ1v) is 6.62. The molecule has 2 fully saturated rings. The molecule has 0 atom stereocenters. The van der Waals surface area contributed by atoms with Crippen molar-refractivity contribution < 1.29 is 9.90 Å². The highest BCUT2D eigenvalue weighted by molar-refractivity contribution is 5.95. The van der Waals surface area contributed by atoms with E-state index in [9.17, 15) is 9.90 Å². The highest BCUT2D eigenvalue weighted by Crippen LogP contribution is 2.37. The van der Waals surface area contributed by atoms with Crippen LogP contribution in [0.3, 0.4) is 0 Å². The minimum atomic E-state index is -1.22. The molecule has 1 amide bonds. The van der Waals surface area contributed by atoms with E-state index in [1.54, 1.807) is 6.33 Å². The van der Waals surface area contributed by atoms with Gasteiger partial charge in [-0.25, -0.2) is 0 Å². The van der Waals surface area contributed by atoms with Crippen molar-refractivity contribution in [1.82, 2.24) is 14.8 Å². The second kappa shape index (κ2) is 4.35. The molecule has 0 aromatic carbocycles. The molecule has 6 heteroatoms. The van der Waals surface area contributed by atoms with Gasteiger partial charge in [0.25, 0.3) is 5.91 Å². The van der Waals surface area contributed by atoms with Gasteiger partial charge in [0.1, 0.15) is 11.9 Å². The van der Waals surface area contributed by atoms with E-state index in [4.69, 9.17) is 0 Å². The topological polar surface area (TPSA) is 80.0 Å². The monoisotopic (exact) mass is 250 g/mol. The molecule has 1 heterocycles. The van der Waals surface area contributed by atoms with Crippen LogP contribution in [-0.2, 0) is 4.79 Å². The van der Waals surface area contributed by atoms with Crippen LogP contribution in [0.4, 0.5) is 5.95 Å². The van der Waals surface area contributed by atoms with Gasteiger partial charge in [-0.3, -0.25) is 14.7 Å². The summed E-state index contributed by atoms with van der Waals surface area (Å²) >= 11 is 0. The van der Waals surface area contributed by atoms with Crippen LogP contribution in [0.5, 0.6) is 0 Å². The number of hydrogen-bond donors (Lipinski definition) is 2. The minimum absolute atomic E-state index is 0.336. The van der Waals surface area contributed by atoms with Gasteiger partial charge in [-0.2, -0.15) is 0 Å². The molecule has 2 aliphatic carbocycles. The maximum Gasteiger partial charge on any atom is 0.258 e. The van der Waals surface area contributed by atoms with Crippen molar-refractivity contribution in [2.75, 3.05) is 5.32 Å². The molecule has 0 radical (unpaired) electrons. The van der Waals surface area contributed by atoms with Gasteiger partial charge in [-0.15, -0.1) is 10.2 Å². The van der Waals surface area contributed by atoms with Crippen LogP contribution in [0.25, 0.3) is 0 Å². The number of carbonyl (C=O) groups excluding carboxylic acids is 1. The number of nitrogens with zero attached hydrogens (tertiary/aromatic N) is 3. The van der Waals surface area contributed by atoms with Gasteiger partial charge in [0, 0.05) is 6.04 Å². The lowest BCUT2D eigenvalue weighted by atomic mass is 9.84. The number of amides is 1. The van der Waals surface area contributed by atoms with Gasteiger partial charge in [-0.1, -0.05) is 19.3 Å². The Morgan fingerprint density at radius 3 is 2.78 bits per heavy atom. The van der Waals surface area contributed by atoms with Crippen LogP contribution in [0.1, 0.15) is 51.0 Å². The molecule has 6 nitrogen and oxygen atoms in total. The maximum atomic E-state index is 12.1. The van der Waals surface area contributed by atoms with E-state index in [0.717, 1.165) is 32.1 Å². The molecular formula is C12H18N4O2. The molecule has 0 bridgehead atoms. The molecule has 0 spiro atoms. The van der Waals surface area contributed by atoms with Crippen molar-refractivity contribution in [2.45, 2.75) is 56.6 Å². The van der Waals surface area contributed by atoms with E-state index < -0.39 is 5.60 Å². The highest BCUT2D eigenvalue weighted by Gasteiger charge is 2.38. The number of hydrogen-bond acceptors (Lipinski definition) is 4. The first kappa shape index (κ1) is 11.6. The predicted octanol–water partition coefficient (Wildman–Crippen LogP) is 1.25. The molecule has 98 valence electrons. The molecular weight excluding hydrogens is 232 g/mol. The Bertz CT molecular complexity index is 447. The van der Waals surface area contributed by atoms with Gasteiger partial charge in [0.05, 0.1) is 0 Å². The molecule has 2 N–H and O–H groups in total. The van der Waals surface area contributed by atoms with E-state index in [2.05, 4.69) is 15.5 Å². The molecule has 0 aliphatic heterocycles. The molecule has 1 aromatic rings. The molecule has 18 heavy (non-hydrogen) atoms. The van der Waals surface area contributed by atoms with E-state index in [0.29, 0.717) is 24.8 Å². The van der Waals surface area contributed by atoms with Crippen molar-refractivity contribution in [3.63, 3.8) is 0 Å². The Hall–Kier alpha value is -1.43. The summed E-state index contributed by atoms with van der Waals surface area (Å²) in [6.07, 6.45) is 7.81. The SMILES string of the molecule is O=C(Nc1nncn1C1CC1)C1(O)CCCCC1. The summed E-state index contributed by atoms with van der Waals surface area (Å²) in [5.74, 6) is 0.124. The fourth-order valence-corrected chi connectivity index (χ4v) is 2.53. The van der Waals surface area contributed by atoms with Gasteiger partial charge < -0.3 is 5.11 Å². The fraction of sp³-hybridized carbons (Fsp3) is 0.750. The zero-order valence-electron chi connectivity index (χ0n) is 10.3. The second-order valence-corrected chi connectivity index (χ2v) is 5.34. The lowest BCUT2D eigenvalue weighted by molar-refractivity contribution is -0.137. The van der Waals surface area contributed by atoms with Gasteiger partial charge in [0.15, 0.2) is 0 Å². The maximum absolute atomic E-state index is 12.1. The van der Waals surface area contributed by atoms with Crippen molar-refractivity contribution in [2.24, 2.45) is 0 Å². The van der Waals surface area contributed by atoms with Crippen molar-refractivity contribution >= 4 is 11.9 Å². The number of rotatable bonds is 3. The molecule has 3 rings (SSSR count). The largest absolute Gasteiger partial charge is 0.380 e. The van der Waals surface area contributed by atoms with Crippen LogP contribution in [-0.4, -0.2) is 31.4 Å². The number of aromatic nitrogens is 3. The molecule has 2 saturated carbocycles. The fourth-order valence-electron chi connectivity index (χ4n) is 2.53. The second-order valence-electron chi connectivity index (χ2n) is 5.34. The summed E-state index contributed by atoms with van der Waals surface area (Å²) in [5, 5.41) is 20.8. The Kier molecular flexibility index (Phi) is 2.81. The summed E-state index contributed by atoms with van der Waals surface area (Å²) < 4.78 is 1.88. The third-order valence-corrected chi connectivity index (χ3v) is 3.84. The average Bonchev–Trinajstić information content (AvgIpc) is 3.11. The quantitative estimate of drug-likeness (QED) is 0.846. The lowest BCUT2D eigenvalue weighted by Crippen LogP contribution is -2.44. The van der Waals surface area contributed by atoms with Crippen LogP contribution in [0.15, 0.2) is 6.33 Å². The van der Waals surface area contributed by atoms with Crippen LogP contribution < -0.4 is 5.32 Å². The molecule has 0 saturated heterocycles. The van der Waals surface area contributed by atoms with Gasteiger partial charge >= 0.3 is 0 Å². The van der Waals surface area contributed by atoms with Gasteiger partial charge in [-0.05, 0) is 25.7 Å². The smallest absolute Gasteiger partial charge is 0.258 e. The molecule has 0 unspecified atom stereocenters. The average molecular weight is 250 g/mol. The zero-order valence-corrected chi connectivity index (χ0v) is 10.3. The third kappa shape index (κ3) is 2.12. The number of carbonyl (C=O) groups is 1. The molecule has 1 aromatic heterocycles. The summed E-state index contributed by atoms with van der Waals surface area (Å²) in [4.78, 5) is 12.1.